The third kappa shape index (κ3) is 5.93. The molecule has 0 aromatic heterocycles. The maximum absolute atomic E-state index is 13.1. The molecule has 4 rings (SSSR count). The van der Waals surface area contributed by atoms with Crippen LogP contribution in [-0.4, -0.2) is 44.9 Å². The molecule has 0 aliphatic carbocycles. The first-order valence-electron chi connectivity index (χ1n) is 11.6. The van der Waals surface area contributed by atoms with Gasteiger partial charge in [-0.2, -0.15) is 4.31 Å². The van der Waals surface area contributed by atoms with Crippen molar-refractivity contribution >= 4 is 26.7 Å². The average Bonchev–Trinajstić information content (AvgIpc) is 2.86. The molecule has 0 spiro atoms. The number of halogens is 1. The van der Waals surface area contributed by atoms with Gasteiger partial charge in [0.25, 0.3) is 0 Å². The minimum Gasteiger partial charge on any atom is -0.494 e. The molecule has 6 nitrogen and oxygen atoms in total. The number of piperidine rings is 1. The summed E-state index contributed by atoms with van der Waals surface area (Å²) >= 11 is 0. The molecule has 0 radical (unpaired) electrons. The molecule has 8 heteroatoms. The Bertz CT molecular complexity index is 1220. The van der Waals surface area contributed by atoms with Gasteiger partial charge in [0.05, 0.1) is 11.5 Å². The topological polar surface area (TPSA) is 75.7 Å². The molecule has 3 aromatic carbocycles. The lowest BCUT2D eigenvalue weighted by molar-refractivity contribution is -0.126. The van der Waals surface area contributed by atoms with Gasteiger partial charge in [0.15, 0.2) is 0 Å². The van der Waals surface area contributed by atoms with Crippen molar-refractivity contribution in [2.75, 3.05) is 26.2 Å². The standard InChI is InChI=1S/C26H29FN2O4S/c27-23-8-10-24(11-9-23)33-18-4-3-15-28-26(30)21-13-16-29(17-14-21)34(31,32)25-12-7-20-5-1-2-6-22(20)19-25/h1-2,5-12,19,21H,3-4,13-18H2,(H,28,30). The molecule has 1 N–H and O–H groups in total. The van der Waals surface area contributed by atoms with Crippen LogP contribution in [-0.2, 0) is 14.8 Å². The molecule has 34 heavy (non-hydrogen) atoms. The van der Waals surface area contributed by atoms with Gasteiger partial charge in [-0.15, -0.1) is 0 Å². The van der Waals surface area contributed by atoms with E-state index in [9.17, 15) is 17.6 Å². The van der Waals surface area contributed by atoms with Crippen molar-refractivity contribution in [3.63, 3.8) is 0 Å². The van der Waals surface area contributed by atoms with Crippen LogP contribution in [0.3, 0.4) is 0 Å². The molecule has 1 heterocycles. The van der Waals surface area contributed by atoms with E-state index in [0.29, 0.717) is 44.8 Å². The number of nitrogens with zero attached hydrogens (tertiary/aromatic N) is 1. The minimum absolute atomic E-state index is 0.0257. The highest BCUT2D eigenvalue weighted by Crippen LogP contribution is 2.26. The van der Waals surface area contributed by atoms with E-state index < -0.39 is 10.0 Å². The van der Waals surface area contributed by atoms with Gasteiger partial charge in [0, 0.05) is 25.6 Å². The minimum atomic E-state index is -3.59. The molecule has 3 aromatic rings. The van der Waals surface area contributed by atoms with Crippen LogP contribution in [0.4, 0.5) is 4.39 Å². The van der Waals surface area contributed by atoms with Crippen molar-refractivity contribution in [2.45, 2.75) is 30.6 Å². The molecule has 0 unspecified atom stereocenters. The van der Waals surface area contributed by atoms with E-state index in [2.05, 4.69) is 5.32 Å². The monoisotopic (exact) mass is 484 g/mol. The van der Waals surface area contributed by atoms with Crippen LogP contribution >= 0.6 is 0 Å². The van der Waals surface area contributed by atoms with Crippen LogP contribution in [0.25, 0.3) is 10.8 Å². The lowest BCUT2D eigenvalue weighted by atomic mass is 9.97. The number of benzene rings is 3. The van der Waals surface area contributed by atoms with E-state index in [-0.39, 0.29) is 22.5 Å². The fourth-order valence-electron chi connectivity index (χ4n) is 4.14. The number of ether oxygens (including phenoxy) is 1. The lowest BCUT2D eigenvalue weighted by Crippen LogP contribution is -2.43. The number of hydrogen-bond acceptors (Lipinski definition) is 4. The molecule has 0 saturated carbocycles. The van der Waals surface area contributed by atoms with E-state index in [1.54, 1.807) is 24.3 Å². The second-order valence-electron chi connectivity index (χ2n) is 8.49. The lowest BCUT2D eigenvalue weighted by Gasteiger charge is -2.30. The van der Waals surface area contributed by atoms with Crippen LogP contribution in [0.15, 0.2) is 71.6 Å². The van der Waals surface area contributed by atoms with Crippen molar-refractivity contribution < 1.29 is 22.3 Å². The summed E-state index contributed by atoms with van der Waals surface area (Å²) in [6.45, 7) is 1.70. The van der Waals surface area contributed by atoms with Crippen LogP contribution in [0.1, 0.15) is 25.7 Å². The van der Waals surface area contributed by atoms with Crippen molar-refractivity contribution in [1.82, 2.24) is 9.62 Å². The molecular weight excluding hydrogens is 455 g/mol. The summed E-state index contributed by atoms with van der Waals surface area (Å²) in [7, 11) is -3.59. The second-order valence-corrected chi connectivity index (χ2v) is 10.4. The van der Waals surface area contributed by atoms with Gasteiger partial charge in [-0.25, -0.2) is 12.8 Å². The van der Waals surface area contributed by atoms with Crippen LogP contribution in [0, 0.1) is 11.7 Å². The van der Waals surface area contributed by atoms with Crippen LogP contribution in [0.2, 0.25) is 0 Å². The number of fused-ring (bicyclic) bond motifs is 1. The molecule has 1 fully saturated rings. The molecule has 1 aliphatic rings. The van der Waals surface area contributed by atoms with Gasteiger partial charge in [-0.05, 0) is 72.9 Å². The zero-order chi connectivity index (χ0) is 24.0. The summed E-state index contributed by atoms with van der Waals surface area (Å²) < 4.78 is 46.1. The Hall–Kier alpha value is -2.97. The summed E-state index contributed by atoms with van der Waals surface area (Å²) in [5, 5.41) is 4.84. The molecular formula is C26H29FN2O4S. The number of sulfonamides is 1. The maximum atomic E-state index is 13.1. The number of carbonyl (C=O) groups excluding carboxylic acids is 1. The molecule has 0 atom stereocenters. The highest BCUT2D eigenvalue weighted by molar-refractivity contribution is 7.89. The quantitative estimate of drug-likeness (QED) is 0.458. The first kappa shape index (κ1) is 24.2. The average molecular weight is 485 g/mol. The van der Waals surface area contributed by atoms with Crippen molar-refractivity contribution in [1.29, 1.82) is 0 Å². The van der Waals surface area contributed by atoms with Crippen molar-refractivity contribution in [3.05, 3.63) is 72.5 Å². The molecule has 1 aliphatic heterocycles. The number of hydrogen-bond donors (Lipinski definition) is 1. The van der Waals surface area contributed by atoms with E-state index in [1.165, 1.54) is 16.4 Å². The zero-order valence-electron chi connectivity index (χ0n) is 19.0. The number of rotatable bonds is 9. The van der Waals surface area contributed by atoms with E-state index >= 15 is 0 Å². The second kappa shape index (κ2) is 11.0. The zero-order valence-corrected chi connectivity index (χ0v) is 19.8. The smallest absolute Gasteiger partial charge is 0.243 e. The third-order valence-corrected chi connectivity index (χ3v) is 8.03. The van der Waals surface area contributed by atoms with Crippen molar-refractivity contribution in [2.24, 2.45) is 5.92 Å². The van der Waals surface area contributed by atoms with Crippen LogP contribution < -0.4 is 10.1 Å². The fourth-order valence-corrected chi connectivity index (χ4v) is 5.64. The van der Waals surface area contributed by atoms with E-state index in [0.717, 1.165) is 23.6 Å². The van der Waals surface area contributed by atoms with Gasteiger partial charge in [-0.1, -0.05) is 30.3 Å². The Kier molecular flexibility index (Phi) is 7.80. The summed E-state index contributed by atoms with van der Waals surface area (Å²) in [4.78, 5) is 12.8. The first-order chi connectivity index (χ1) is 16.4. The van der Waals surface area contributed by atoms with Gasteiger partial charge in [0.2, 0.25) is 15.9 Å². The summed E-state index contributed by atoms with van der Waals surface area (Å²) in [6.07, 6.45) is 2.54. The molecule has 0 bridgehead atoms. The predicted molar refractivity (Wildman–Crippen MR) is 130 cm³/mol. The Balaban J connectivity index is 1.19. The number of unbranched alkanes of at least 4 members (excludes halogenated alkanes) is 1. The largest absolute Gasteiger partial charge is 0.494 e. The molecule has 1 saturated heterocycles. The molecule has 180 valence electrons. The van der Waals surface area contributed by atoms with Gasteiger partial charge in [0.1, 0.15) is 11.6 Å². The summed E-state index contributed by atoms with van der Waals surface area (Å²) in [5.41, 5.74) is 0. The summed E-state index contributed by atoms with van der Waals surface area (Å²) in [6, 6.07) is 18.7. The van der Waals surface area contributed by atoms with E-state index in [1.807, 2.05) is 30.3 Å². The Labute approximate surface area is 199 Å². The fraction of sp³-hybridized carbons (Fsp3) is 0.346. The van der Waals surface area contributed by atoms with Gasteiger partial charge >= 0.3 is 0 Å². The highest BCUT2D eigenvalue weighted by atomic mass is 32.2. The third-order valence-electron chi connectivity index (χ3n) is 6.14. The Morgan fingerprint density at radius 3 is 2.41 bits per heavy atom. The summed E-state index contributed by atoms with van der Waals surface area (Å²) in [5.74, 6) is 0.115. The van der Waals surface area contributed by atoms with Crippen molar-refractivity contribution in [3.8, 4) is 5.75 Å². The predicted octanol–water partition coefficient (Wildman–Crippen LogP) is 4.36. The van der Waals surface area contributed by atoms with Gasteiger partial charge < -0.3 is 10.1 Å². The highest BCUT2D eigenvalue weighted by Gasteiger charge is 2.32. The molecule has 1 amide bonds. The van der Waals surface area contributed by atoms with Crippen LogP contribution in [0.5, 0.6) is 5.75 Å². The SMILES string of the molecule is O=C(NCCCCOc1ccc(F)cc1)C1CCN(S(=O)(=O)c2ccc3ccccc3c2)CC1. The number of nitrogens with one attached hydrogen (secondary N) is 1. The normalized spacial score (nSPS) is 15.3. The van der Waals surface area contributed by atoms with Gasteiger partial charge in [-0.3, -0.25) is 4.79 Å². The number of carbonyl (C=O) groups is 1. The maximum Gasteiger partial charge on any atom is 0.243 e. The van der Waals surface area contributed by atoms with E-state index in [4.69, 9.17) is 4.74 Å². The Morgan fingerprint density at radius 1 is 0.971 bits per heavy atom. The first-order valence-corrected chi connectivity index (χ1v) is 13.0. The number of amides is 1. The Morgan fingerprint density at radius 2 is 1.68 bits per heavy atom.